The van der Waals surface area contributed by atoms with Crippen LogP contribution in [0.1, 0.15) is 21.8 Å². The summed E-state index contributed by atoms with van der Waals surface area (Å²) in [5, 5.41) is 9.04. The molecule has 0 aliphatic rings. The average molecular weight is 276 g/mol. The number of halogens is 3. The number of Topliss-reactive ketones (excluding diaryl/α,β-unsaturated/α-hetero) is 1. The van der Waals surface area contributed by atoms with E-state index >= 15 is 0 Å². The third-order valence-electron chi connectivity index (χ3n) is 2.71. The molecule has 20 heavy (non-hydrogen) atoms. The van der Waals surface area contributed by atoms with Gasteiger partial charge in [0.2, 0.25) is 0 Å². The van der Waals surface area contributed by atoms with E-state index in [9.17, 15) is 18.0 Å². The number of ketones is 1. The van der Waals surface area contributed by atoms with Crippen LogP contribution in [0.2, 0.25) is 0 Å². The quantitative estimate of drug-likeness (QED) is 0.639. The van der Waals surface area contributed by atoms with Crippen molar-refractivity contribution < 1.29 is 18.0 Å². The molecule has 1 aromatic heterocycles. The average Bonchev–Trinajstić information content (AvgIpc) is 2.47. The molecular formula is C14H7F3N2O. The highest BCUT2D eigenvalue weighted by Gasteiger charge is 2.27. The Morgan fingerprint density at radius 3 is 2.55 bits per heavy atom. The molecule has 0 fully saturated rings. The molecule has 0 spiro atoms. The monoisotopic (exact) mass is 276 g/mol. The van der Waals surface area contributed by atoms with Crippen molar-refractivity contribution in [2.45, 2.75) is 5.92 Å². The molecule has 2 rings (SSSR count). The molecule has 0 bridgehead atoms. The lowest BCUT2D eigenvalue weighted by Crippen LogP contribution is -2.14. The van der Waals surface area contributed by atoms with Gasteiger partial charge < -0.3 is 0 Å². The molecule has 0 radical (unpaired) electrons. The third kappa shape index (κ3) is 2.38. The normalized spacial score (nSPS) is 11.7. The van der Waals surface area contributed by atoms with Crippen LogP contribution in [0.25, 0.3) is 0 Å². The van der Waals surface area contributed by atoms with Crippen molar-refractivity contribution in [1.29, 1.82) is 5.26 Å². The summed E-state index contributed by atoms with van der Waals surface area (Å²) in [6.07, 6.45) is 2.73. The molecule has 100 valence electrons. The first-order valence-corrected chi connectivity index (χ1v) is 5.53. The lowest BCUT2D eigenvalue weighted by atomic mass is 9.92. The minimum atomic E-state index is -1.74. The van der Waals surface area contributed by atoms with Crippen LogP contribution in [0, 0.1) is 28.8 Å². The molecule has 2 aromatic rings. The highest BCUT2D eigenvalue weighted by Crippen LogP contribution is 2.23. The fourth-order valence-corrected chi connectivity index (χ4v) is 1.70. The van der Waals surface area contributed by atoms with Gasteiger partial charge in [0, 0.05) is 12.4 Å². The summed E-state index contributed by atoms with van der Waals surface area (Å²) in [6, 6.07) is 6.14. The molecule has 0 saturated heterocycles. The first-order chi connectivity index (χ1) is 9.56. The highest BCUT2D eigenvalue weighted by atomic mass is 19.2. The minimum absolute atomic E-state index is 0.254. The second-order valence-electron chi connectivity index (χ2n) is 3.94. The highest BCUT2D eigenvalue weighted by molar-refractivity contribution is 6.02. The number of carbonyl (C=O) groups is 1. The number of carbonyl (C=O) groups excluding carboxylic acids is 1. The van der Waals surface area contributed by atoms with Crippen molar-refractivity contribution in [3.05, 3.63) is 65.2 Å². The predicted octanol–water partition coefficient (Wildman–Crippen LogP) is 2.99. The van der Waals surface area contributed by atoms with E-state index in [-0.39, 0.29) is 5.56 Å². The van der Waals surface area contributed by atoms with Gasteiger partial charge in [0.15, 0.2) is 23.2 Å². The van der Waals surface area contributed by atoms with Gasteiger partial charge in [0.1, 0.15) is 5.92 Å². The number of rotatable bonds is 3. The number of benzene rings is 1. The number of nitrogens with zero attached hydrogens (tertiary/aromatic N) is 2. The van der Waals surface area contributed by atoms with Crippen LogP contribution in [0.4, 0.5) is 13.2 Å². The zero-order valence-electron chi connectivity index (χ0n) is 9.98. The standard InChI is InChI=1S/C14H7F3N2O/c15-11-4-3-9(12(16)13(11)17)14(20)10(6-18)8-2-1-5-19-7-8/h1-5,7,10H. The second-order valence-corrected chi connectivity index (χ2v) is 3.94. The van der Waals surface area contributed by atoms with Gasteiger partial charge in [-0.25, -0.2) is 13.2 Å². The predicted molar refractivity (Wildman–Crippen MR) is 63.2 cm³/mol. The lowest BCUT2D eigenvalue weighted by molar-refractivity contribution is 0.0973. The van der Waals surface area contributed by atoms with Crippen LogP contribution in [0.15, 0.2) is 36.7 Å². The Kier molecular flexibility index (Phi) is 3.80. The van der Waals surface area contributed by atoms with E-state index in [0.717, 1.165) is 6.07 Å². The summed E-state index contributed by atoms with van der Waals surface area (Å²) >= 11 is 0. The fourth-order valence-electron chi connectivity index (χ4n) is 1.70. The second kappa shape index (κ2) is 5.53. The van der Waals surface area contributed by atoms with Crippen LogP contribution in [-0.2, 0) is 0 Å². The van der Waals surface area contributed by atoms with Gasteiger partial charge in [0.25, 0.3) is 0 Å². The molecule has 0 saturated carbocycles. The van der Waals surface area contributed by atoms with E-state index in [4.69, 9.17) is 5.26 Å². The number of nitriles is 1. The Balaban J connectivity index is 2.46. The summed E-state index contributed by atoms with van der Waals surface area (Å²) in [5.74, 6) is -7.01. The van der Waals surface area contributed by atoms with Crippen molar-refractivity contribution in [3.63, 3.8) is 0 Å². The molecule has 1 heterocycles. The maximum Gasteiger partial charge on any atom is 0.195 e. The summed E-state index contributed by atoms with van der Waals surface area (Å²) in [4.78, 5) is 15.8. The lowest BCUT2D eigenvalue weighted by Gasteiger charge is -2.09. The maximum atomic E-state index is 13.6. The van der Waals surface area contributed by atoms with E-state index < -0.39 is 34.7 Å². The molecule has 3 nitrogen and oxygen atoms in total. The maximum absolute atomic E-state index is 13.6. The number of aromatic nitrogens is 1. The van der Waals surface area contributed by atoms with Crippen molar-refractivity contribution in [2.75, 3.05) is 0 Å². The Bertz CT molecular complexity index is 696. The van der Waals surface area contributed by atoms with Crippen molar-refractivity contribution in [2.24, 2.45) is 0 Å². The van der Waals surface area contributed by atoms with Crippen LogP contribution in [-0.4, -0.2) is 10.8 Å². The molecular weight excluding hydrogens is 269 g/mol. The Labute approximate surface area is 112 Å². The fraction of sp³-hybridized carbons (Fsp3) is 0.0714. The number of hydrogen-bond donors (Lipinski definition) is 0. The molecule has 0 aliphatic heterocycles. The van der Waals surface area contributed by atoms with E-state index in [2.05, 4.69) is 4.98 Å². The number of pyridine rings is 1. The molecule has 0 N–H and O–H groups in total. The molecule has 1 atom stereocenters. The Hall–Kier alpha value is -2.68. The van der Waals surface area contributed by atoms with Crippen LogP contribution in [0.5, 0.6) is 0 Å². The summed E-state index contributed by atoms with van der Waals surface area (Å²) < 4.78 is 39.5. The van der Waals surface area contributed by atoms with E-state index in [1.165, 1.54) is 24.5 Å². The summed E-state index contributed by atoms with van der Waals surface area (Å²) in [5.41, 5.74) is -0.413. The molecule has 0 aliphatic carbocycles. The van der Waals surface area contributed by atoms with Crippen LogP contribution < -0.4 is 0 Å². The first-order valence-electron chi connectivity index (χ1n) is 5.53. The van der Waals surface area contributed by atoms with Gasteiger partial charge in [-0.05, 0) is 23.8 Å². The van der Waals surface area contributed by atoms with Crippen LogP contribution in [0.3, 0.4) is 0 Å². The van der Waals surface area contributed by atoms with E-state index in [1.54, 1.807) is 6.07 Å². The van der Waals surface area contributed by atoms with Gasteiger partial charge in [0.05, 0.1) is 11.6 Å². The Morgan fingerprint density at radius 2 is 1.95 bits per heavy atom. The van der Waals surface area contributed by atoms with Gasteiger partial charge >= 0.3 is 0 Å². The van der Waals surface area contributed by atoms with E-state index in [1.807, 2.05) is 0 Å². The largest absolute Gasteiger partial charge is 0.292 e. The number of hydrogen-bond acceptors (Lipinski definition) is 3. The molecule has 6 heteroatoms. The third-order valence-corrected chi connectivity index (χ3v) is 2.71. The van der Waals surface area contributed by atoms with Gasteiger partial charge in [-0.1, -0.05) is 6.07 Å². The molecule has 1 aromatic carbocycles. The smallest absolute Gasteiger partial charge is 0.195 e. The van der Waals surface area contributed by atoms with Crippen molar-refractivity contribution in [1.82, 2.24) is 4.98 Å². The van der Waals surface area contributed by atoms with Gasteiger partial charge in [-0.3, -0.25) is 9.78 Å². The van der Waals surface area contributed by atoms with Gasteiger partial charge in [-0.2, -0.15) is 5.26 Å². The minimum Gasteiger partial charge on any atom is -0.292 e. The van der Waals surface area contributed by atoms with Crippen LogP contribution >= 0.6 is 0 Å². The zero-order chi connectivity index (χ0) is 14.7. The Morgan fingerprint density at radius 1 is 1.20 bits per heavy atom. The first kappa shape index (κ1) is 13.7. The van der Waals surface area contributed by atoms with E-state index in [0.29, 0.717) is 6.07 Å². The zero-order valence-corrected chi connectivity index (χ0v) is 9.98. The SMILES string of the molecule is N#CC(C(=O)c1ccc(F)c(F)c1F)c1cccnc1. The summed E-state index contributed by atoms with van der Waals surface area (Å²) in [7, 11) is 0. The van der Waals surface area contributed by atoms with Crippen molar-refractivity contribution in [3.8, 4) is 6.07 Å². The van der Waals surface area contributed by atoms with Gasteiger partial charge in [-0.15, -0.1) is 0 Å². The molecule has 0 amide bonds. The molecule has 1 unspecified atom stereocenters. The topological polar surface area (TPSA) is 53.8 Å². The summed E-state index contributed by atoms with van der Waals surface area (Å²) in [6.45, 7) is 0. The van der Waals surface area contributed by atoms with Crippen molar-refractivity contribution >= 4 is 5.78 Å².